The molecule has 0 aliphatic carbocycles. The number of nitrogens with zero attached hydrogens (tertiary/aromatic N) is 2. The highest BCUT2D eigenvalue weighted by molar-refractivity contribution is 5.58. The van der Waals surface area contributed by atoms with Gasteiger partial charge in [-0.1, -0.05) is 12.1 Å². The number of benzene rings is 1. The van der Waals surface area contributed by atoms with Crippen molar-refractivity contribution in [2.24, 2.45) is 0 Å². The van der Waals surface area contributed by atoms with Crippen molar-refractivity contribution in [1.29, 1.82) is 0 Å². The molecule has 0 aliphatic heterocycles. The fraction of sp³-hybridized carbons (Fsp3) is 0.267. The molecular weight excluding hydrogens is 241 g/mol. The topological polar surface area (TPSA) is 28.2 Å². The van der Waals surface area contributed by atoms with E-state index in [1.807, 2.05) is 43.4 Å². The van der Waals surface area contributed by atoms with Crippen LogP contribution in [0.25, 0.3) is 0 Å². The number of pyridine rings is 1. The summed E-state index contributed by atoms with van der Waals surface area (Å²) in [5, 5.41) is 3.17. The average Bonchev–Trinajstić information content (AvgIpc) is 2.46. The molecule has 0 saturated carbocycles. The molecule has 19 heavy (non-hydrogen) atoms. The van der Waals surface area contributed by atoms with Crippen LogP contribution in [-0.4, -0.2) is 19.1 Å². The third kappa shape index (κ3) is 3.09. The van der Waals surface area contributed by atoms with Crippen molar-refractivity contribution in [3.05, 3.63) is 54.0 Å². The lowest BCUT2D eigenvalue weighted by atomic mass is 10.1. The van der Waals surface area contributed by atoms with Gasteiger partial charge in [-0.05, 0) is 43.8 Å². The second-order valence-corrected chi connectivity index (χ2v) is 4.50. The SMILES string of the molecule is CNC(C)c1ccc(N(C)c2cccc(F)c2)nc1. The minimum Gasteiger partial charge on any atom is -0.329 e. The molecule has 0 amide bonds. The predicted molar refractivity (Wildman–Crippen MR) is 76.2 cm³/mol. The monoisotopic (exact) mass is 259 g/mol. The molecule has 1 atom stereocenters. The van der Waals surface area contributed by atoms with Crippen LogP contribution in [0.4, 0.5) is 15.9 Å². The molecule has 0 bridgehead atoms. The summed E-state index contributed by atoms with van der Waals surface area (Å²) < 4.78 is 13.2. The van der Waals surface area contributed by atoms with E-state index >= 15 is 0 Å². The average molecular weight is 259 g/mol. The van der Waals surface area contributed by atoms with Crippen molar-refractivity contribution in [2.45, 2.75) is 13.0 Å². The number of hydrogen-bond acceptors (Lipinski definition) is 3. The maximum absolute atomic E-state index is 13.2. The molecule has 0 fully saturated rings. The molecule has 3 nitrogen and oxygen atoms in total. The number of nitrogens with one attached hydrogen (secondary N) is 1. The lowest BCUT2D eigenvalue weighted by molar-refractivity contribution is 0.628. The van der Waals surface area contributed by atoms with Gasteiger partial charge in [0.25, 0.3) is 0 Å². The van der Waals surface area contributed by atoms with E-state index in [2.05, 4.69) is 17.2 Å². The fourth-order valence-corrected chi connectivity index (χ4v) is 1.84. The number of rotatable bonds is 4. The van der Waals surface area contributed by atoms with Gasteiger partial charge < -0.3 is 10.2 Å². The van der Waals surface area contributed by atoms with E-state index in [4.69, 9.17) is 0 Å². The van der Waals surface area contributed by atoms with Gasteiger partial charge in [-0.2, -0.15) is 0 Å². The summed E-state index contributed by atoms with van der Waals surface area (Å²) in [6.07, 6.45) is 1.84. The highest BCUT2D eigenvalue weighted by Gasteiger charge is 2.08. The number of anilines is 2. The predicted octanol–water partition coefficient (Wildman–Crippen LogP) is 3.27. The van der Waals surface area contributed by atoms with E-state index in [1.165, 1.54) is 12.1 Å². The molecule has 0 radical (unpaired) electrons. The van der Waals surface area contributed by atoms with E-state index in [-0.39, 0.29) is 11.9 Å². The molecule has 1 heterocycles. The third-order valence-corrected chi connectivity index (χ3v) is 3.24. The van der Waals surface area contributed by atoms with Crippen LogP contribution in [0, 0.1) is 5.82 Å². The molecular formula is C15H18FN3. The summed E-state index contributed by atoms with van der Waals surface area (Å²) in [6, 6.07) is 10.7. The minimum atomic E-state index is -0.246. The van der Waals surface area contributed by atoms with E-state index in [0.717, 1.165) is 17.1 Å². The van der Waals surface area contributed by atoms with Crippen molar-refractivity contribution in [2.75, 3.05) is 19.0 Å². The van der Waals surface area contributed by atoms with Gasteiger partial charge in [-0.15, -0.1) is 0 Å². The summed E-state index contributed by atoms with van der Waals surface area (Å²) >= 11 is 0. The zero-order valence-corrected chi connectivity index (χ0v) is 11.4. The van der Waals surface area contributed by atoms with Crippen LogP contribution in [0.3, 0.4) is 0 Å². The smallest absolute Gasteiger partial charge is 0.132 e. The van der Waals surface area contributed by atoms with Gasteiger partial charge in [0.1, 0.15) is 11.6 Å². The molecule has 2 rings (SSSR count). The molecule has 1 aromatic carbocycles. The summed E-state index contributed by atoms with van der Waals surface area (Å²) in [7, 11) is 3.79. The normalized spacial score (nSPS) is 12.2. The van der Waals surface area contributed by atoms with Crippen molar-refractivity contribution in [3.8, 4) is 0 Å². The molecule has 1 N–H and O–H groups in total. The molecule has 100 valence electrons. The van der Waals surface area contributed by atoms with Gasteiger partial charge in [0.05, 0.1) is 0 Å². The first-order valence-electron chi connectivity index (χ1n) is 6.24. The minimum absolute atomic E-state index is 0.246. The third-order valence-electron chi connectivity index (χ3n) is 3.24. The highest BCUT2D eigenvalue weighted by Crippen LogP contribution is 2.23. The Morgan fingerprint density at radius 1 is 1.26 bits per heavy atom. The summed E-state index contributed by atoms with van der Waals surface area (Å²) in [5.74, 6) is 0.544. The molecule has 0 spiro atoms. The van der Waals surface area contributed by atoms with Crippen molar-refractivity contribution >= 4 is 11.5 Å². The van der Waals surface area contributed by atoms with Gasteiger partial charge in [0, 0.05) is 25.0 Å². The quantitative estimate of drug-likeness (QED) is 0.913. The number of aromatic nitrogens is 1. The van der Waals surface area contributed by atoms with E-state index < -0.39 is 0 Å². The van der Waals surface area contributed by atoms with Crippen LogP contribution in [0.1, 0.15) is 18.5 Å². The van der Waals surface area contributed by atoms with Crippen molar-refractivity contribution in [3.63, 3.8) is 0 Å². The second kappa shape index (κ2) is 5.80. The standard InChI is InChI=1S/C15H18FN3/c1-11(17-2)12-7-8-15(18-10-12)19(3)14-6-4-5-13(16)9-14/h4-11,17H,1-3H3. The lowest BCUT2D eigenvalue weighted by Gasteiger charge is -2.19. The Kier molecular flexibility index (Phi) is 4.12. The largest absolute Gasteiger partial charge is 0.329 e. The van der Waals surface area contributed by atoms with Crippen LogP contribution < -0.4 is 10.2 Å². The van der Waals surface area contributed by atoms with E-state index in [9.17, 15) is 4.39 Å². The molecule has 4 heteroatoms. The Morgan fingerprint density at radius 3 is 2.63 bits per heavy atom. The molecule has 1 unspecified atom stereocenters. The Bertz CT molecular complexity index is 539. The van der Waals surface area contributed by atoms with Crippen molar-refractivity contribution < 1.29 is 4.39 Å². The summed E-state index contributed by atoms with van der Waals surface area (Å²) in [4.78, 5) is 6.28. The van der Waals surface area contributed by atoms with Crippen LogP contribution >= 0.6 is 0 Å². The van der Waals surface area contributed by atoms with Gasteiger partial charge in [0.2, 0.25) is 0 Å². The molecule has 1 aromatic heterocycles. The van der Waals surface area contributed by atoms with Crippen LogP contribution in [0.15, 0.2) is 42.6 Å². The molecule has 0 saturated heterocycles. The lowest BCUT2D eigenvalue weighted by Crippen LogP contribution is -2.14. The first-order valence-corrected chi connectivity index (χ1v) is 6.24. The van der Waals surface area contributed by atoms with Gasteiger partial charge in [-0.3, -0.25) is 0 Å². The maximum Gasteiger partial charge on any atom is 0.132 e. The Labute approximate surface area is 113 Å². The Hall–Kier alpha value is -1.94. The van der Waals surface area contributed by atoms with E-state index in [0.29, 0.717) is 0 Å². The van der Waals surface area contributed by atoms with Gasteiger partial charge in [-0.25, -0.2) is 9.37 Å². The zero-order chi connectivity index (χ0) is 13.8. The van der Waals surface area contributed by atoms with Crippen LogP contribution in [-0.2, 0) is 0 Å². The zero-order valence-electron chi connectivity index (χ0n) is 11.4. The number of halogens is 1. The summed E-state index contributed by atoms with van der Waals surface area (Å²) in [5.41, 5.74) is 1.90. The van der Waals surface area contributed by atoms with Crippen molar-refractivity contribution in [1.82, 2.24) is 10.3 Å². The second-order valence-electron chi connectivity index (χ2n) is 4.50. The molecule has 2 aromatic rings. The first-order chi connectivity index (χ1) is 9.11. The van der Waals surface area contributed by atoms with Gasteiger partial charge in [0.15, 0.2) is 0 Å². The summed E-state index contributed by atoms with van der Waals surface area (Å²) in [6.45, 7) is 2.08. The van der Waals surface area contributed by atoms with E-state index in [1.54, 1.807) is 6.07 Å². The highest BCUT2D eigenvalue weighted by atomic mass is 19.1. The Balaban J connectivity index is 2.22. The Morgan fingerprint density at radius 2 is 2.05 bits per heavy atom. The van der Waals surface area contributed by atoms with Crippen LogP contribution in [0.5, 0.6) is 0 Å². The number of hydrogen-bond donors (Lipinski definition) is 1. The molecule has 0 aliphatic rings. The fourth-order valence-electron chi connectivity index (χ4n) is 1.84. The van der Waals surface area contributed by atoms with Gasteiger partial charge >= 0.3 is 0 Å². The first kappa shape index (κ1) is 13.5. The van der Waals surface area contributed by atoms with Crippen LogP contribution in [0.2, 0.25) is 0 Å². The maximum atomic E-state index is 13.2.